The van der Waals surface area contributed by atoms with Gasteiger partial charge in [0, 0.05) is 7.11 Å². The SMILES string of the molecule is COCCONC(=O)NC(=O)CC#N.Cl. The average Bonchev–Trinajstić information content (AvgIpc) is 2.13. The molecule has 0 fully saturated rings. The third kappa shape index (κ3) is 10.6. The van der Waals surface area contributed by atoms with Crippen LogP contribution in [0.5, 0.6) is 0 Å². The van der Waals surface area contributed by atoms with Crippen LogP contribution in [-0.2, 0) is 14.4 Å². The number of amides is 3. The number of ether oxygens (including phenoxy) is 1. The van der Waals surface area contributed by atoms with Crippen molar-refractivity contribution in [3.05, 3.63) is 0 Å². The van der Waals surface area contributed by atoms with Gasteiger partial charge in [-0.25, -0.2) is 10.3 Å². The van der Waals surface area contributed by atoms with Crippen molar-refractivity contribution in [3.8, 4) is 6.07 Å². The Morgan fingerprint density at radius 2 is 2.07 bits per heavy atom. The molecule has 0 aromatic rings. The minimum atomic E-state index is -0.804. The van der Waals surface area contributed by atoms with E-state index in [9.17, 15) is 9.59 Å². The minimum absolute atomic E-state index is 0. The molecule has 0 atom stereocenters. The van der Waals surface area contributed by atoms with E-state index in [0.29, 0.717) is 6.61 Å². The second kappa shape index (κ2) is 10.7. The Labute approximate surface area is 93.1 Å². The maximum atomic E-state index is 10.8. The fraction of sp³-hybridized carbons (Fsp3) is 0.571. The Morgan fingerprint density at radius 3 is 2.60 bits per heavy atom. The van der Waals surface area contributed by atoms with Crippen LogP contribution in [0.25, 0.3) is 0 Å². The van der Waals surface area contributed by atoms with E-state index in [1.54, 1.807) is 6.07 Å². The van der Waals surface area contributed by atoms with Crippen molar-refractivity contribution < 1.29 is 19.2 Å². The first-order valence-electron chi connectivity index (χ1n) is 3.78. The molecule has 7 nitrogen and oxygen atoms in total. The lowest BCUT2D eigenvalue weighted by Crippen LogP contribution is -2.39. The summed E-state index contributed by atoms with van der Waals surface area (Å²) in [7, 11) is 1.49. The lowest BCUT2D eigenvalue weighted by atomic mass is 10.4. The first-order valence-corrected chi connectivity index (χ1v) is 3.78. The quantitative estimate of drug-likeness (QED) is 0.506. The summed E-state index contributed by atoms with van der Waals surface area (Å²) in [5.74, 6) is -0.680. The van der Waals surface area contributed by atoms with E-state index in [0.717, 1.165) is 0 Å². The molecule has 2 N–H and O–H groups in total. The minimum Gasteiger partial charge on any atom is -0.382 e. The maximum Gasteiger partial charge on any atom is 0.345 e. The molecule has 0 heterocycles. The molecule has 86 valence electrons. The van der Waals surface area contributed by atoms with Gasteiger partial charge in [-0.05, 0) is 0 Å². The Morgan fingerprint density at radius 1 is 1.40 bits per heavy atom. The number of hydrogen-bond acceptors (Lipinski definition) is 5. The summed E-state index contributed by atoms with van der Waals surface area (Å²) in [4.78, 5) is 26.0. The number of urea groups is 1. The van der Waals surface area contributed by atoms with Crippen LogP contribution in [0.1, 0.15) is 6.42 Å². The molecule has 0 aliphatic rings. The topological polar surface area (TPSA) is 100 Å². The molecule has 0 aromatic carbocycles. The van der Waals surface area contributed by atoms with Crippen LogP contribution in [0.15, 0.2) is 0 Å². The van der Waals surface area contributed by atoms with Crippen LogP contribution >= 0.6 is 12.4 Å². The number of halogens is 1. The molecule has 8 heteroatoms. The summed E-state index contributed by atoms with van der Waals surface area (Å²) < 4.78 is 4.64. The van der Waals surface area contributed by atoms with Crippen molar-refractivity contribution in [2.75, 3.05) is 20.3 Å². The summed E-state index contributed by atoms with van der Waals surface area (Å²) in [5.41, 5.74) is 1.95. The van der Waals surface area contributed by atoms with Gasteiger partial charge in [0.25, 0.3) is 0 Å². The third-order valence-electron chi connectivity index (χ3n) is 1.05. The van der Waals surface area contributed by atoms with Crippen LogP contribution in [0.4, 0.5) is 4.79 Å². The van der Waals surface area contributed by atoms with Gasteiger partial charge in [0.2, 0.25) is 5.91 Å². The van der Waals surface area contributed by atoms with Crippen LogP contribution in [0.2, 0.25) is 0 Å². The lowest BCUT2D eigenvalue weighted by molar-refractivity contribution is -0.119. The normalized spacial score (nSPS) is 8.27. The molecular formula is C7H12ClN3O4. The van der Waals surface area contributed by atoms with Crippen molar-refractivity contribution in [3.63, 3.8) is 0 Å². The van der Waals surface area contributed by atoms with Gasteiger partial charge >= 0.3 is 6.03 Å². The summed E-state index contributed by atoms with van der Waals surface area (Å²) in [5, 5.41) is 9.99. The predicted molar refractivity (Wildman–Crippen MR) is 52.0 cm³/mol. The zero-order valence-electron chi connectivity index (χ0n) is 8.11. The predicted octanol–water partition coefficient (Wildman–Crippen LogP) is -0.274. The zero-order chi connectivity index (χ0) is 10.8. The van der Waals surface area contributed by atoms with E-state index < -0.39 is 11.9 Å². The van der Waals surface area contributed by atoms with Crippen LogP contribution in [0, 0.1) is 11.3 Å². The highest BCUT2D eigenvalue weighted by molar-refractivity contribution is 5.94. The number of nitriles is 1. The van der Waals surface area contributed by atoms with E-state index in [2.05, 4.69) is 9.57 Å². The van der Waals surface area contributed by atoms with Crippen molar-refractivity contribution in [2.24, 2.45) is 0 Å². The molecule has 0 rings (SSSR count). The smallest absolute Gasteiger partial charge is 0.345 e. The molecule has 3 amide bonds. The number of carbonyl (C=O) groups is 2. The monoisotopic (exact) mass is 237 g/mol. The Bertz CT molecular complexity index is 241. The van der Waals surface area contributed by atoms with Gasteiger partial charge in [-0.15, -0.1) is 12.4 Å². The van der Waals surface area contributed by atoms with Crippen LogP contribution in [-0.4, -0.2) is 32.3 Å². The Balaban J connectivity index is 0. The second-order valence-electron chi connectivity index (χ2n) is 2.16. The number of imide groups is 1. The van der Waals surface area contributed by atoms with Crippen LogP contribution < -0.4 is 10.8 Å². The zero-order valence-corrected chi connectivity index (χ0v) is 8.93. The molecule has 0 saturated heterocycles. The number of hydroxylamine groups is 1. The van der Waals surface area contributed by atoms with Gasteiger partial charge < -0.3 is 4.74 Å². The number of rotatable bonds is 5. The summed E-state index contributed by atoms with van der Waals surface area (Å²) in [6, 6.07) is 0.792. The molecule has 0 saturated carbocycles. The van der Waals surface area contributed by atoms with E-state index in [-0.39, 0.29) is 25.4 Å². The van der Waals surface area contributed by atoms with Crippen LogP contribution in [0.3, 0.4) is 0 Å². The number of methoxy groups -OCH3 is 1. The standard InChI is InChI=1S/C7H11N3O4.ClH/c1-13-4-5-14-10-7(12)9-6(11)2-3-8;/h2,4-5H2,1H3,(H2,9,10,11,12);1H. The fourth-order valence-electron chi connectivity index (χ4n) is 0.510. The lowest BCUT2D eigenvalue weighted by Gasteiger charge is -2.04. The highest BCUT2D eigenvalue weighted by Gasteiger charge is 2.05. The van der Waals surface area contributed by atoms with E-state index in [1.165, 1.54) is 7.11 Å². The number of hydrogen-bond donors (Lipinski definition) is 2. The van der Waals surface area contributed by atoms with Crippen molar-refractivity contribution >= 4 is 24.3 Å². The Hall–Kier alpha value is -1.36. The Kier molecular flexibility index (Phi) is 11.5. The molecule has 0 spiro atoms. The van der Waals surface area contributed by atoms with E-state index in [4.69, 9.17) is 5.26 Å². The molecule has 0 aromatic heterocycles. The fourth-order valence-corrected chi connectivity index (χ4v) is 0.510. The van der Waals surface area contributed by atoms with E-state index in [1.807, 2.05) is 10.8 Å². The first-order chi connectivity index (χ1) is 6.70. The van der Waals surface area contributed by atoms with E-state index >= 15 is 0 Å². The highest BCUT2D eigenvalue weighted by atomic mass is 35.5. The number of nitrogens with zero attached hydrogens (tertiary/aromatic N) is 1. The number of carbonyl (C=O) groups excluding carboxylic acids is 2. The van der Waals surface area contributed by atoms with Gasteiger partial charge in [0.15, 0.2) is 0 Å². The number of nitrogens with one attached hydrogen (secondary N) is 2. The van der Waals surface area contributed by atoms with Gasteiger partial charge in [-0.1, -0.05) is 0 Å². The van der Waals surface area contributed by atoms with Gasteiger partial charge in [-0.3, -0.25) is 14.9 Å². The van der Waals surface area contributed by atoms with Crippen molar-refractivity contribution in [1.29, 1.82) is 5.26 Å². The second-order valence-corrected chi connectivity index (χ2v) is 2.16. The maximum absolute atomic E-state index is 10.8. The van der Waals surface area contributed by atoms with Gasteiger partial charge in [0.1, 0.15) is 6.42 Å². The highest BCUT2D eigenvalue weighted by Crippen LogP contribution is 1.76. The molecule has 0 bridgehead atoms. The van der Waals surface area contributed by atoms with Crippen molar-refractivity contribution in [2.45, 2.75) is 6.42 Å². The van der Waals surface area contributed by atoms with Gasteiger partial charge in [0.05, 0.1) is 19.3 Å². The third-order valence-corrected chi connectivity index (χ3v) is 1.05. The first kappa shape index (κ1) is 16.1. The largest absolute Gasteiger partial charge is 0.382 e. The molecule has 0 unspecified atom stereocenters. The summed E-state index contributed by atoms with van der Waals surface area (Å²) in [6.45, 7) is 0.503. The average molecular weight is 238 g/mol. The summed E-state index contributed by atoms with van der Waals surface area (Å²) >= 11 is 0. The molecule has 0 radical (unpaired) electrons. The molecule has 0 aliphatic heterocycles. The van der Waals surface area contributed by atoms with Gasteiger partial charge in [-0.2, -0.15) is 5.26 Å². The molecular weight excluding hydrogens is 226 g/mol. The molecule has 0 aliphatic carbocycles. The summed E-state index contributed by atoms with van der Waals surface area (Å²) in [6.07, 6.45) is -0.370. The van der Waals surface area contributed by atoms with Crippen molar-refractivity contribution in [1.82, 2.24) is 10.8 Å². The molecule has 15 heavy (non-hydrogen) atoms.